The van der Waals surface area contributed by atoms with Crippen molar-refractivity contribution in [3.05, 3.63) is 200 Å². The second kappa shape index (κ2) is 26.8. The third-order valence-corrected chi connectivity index (χ3v) is 13.0. The molecule has 0 saturated carbocycles. The van der Waals surface area contributed by atoms with E-state index in [4.69, 9.17) is 6.90 Å². The topological polar surface area (TPSA) is 274 Å². The highest BCUT2D eigenvalue weighted by molar-refractivity contribution is 7.99. The molecule has 6 rings (SSSR count). The molecule has 18 nitrogen and oxygen atoms in total. The van der Waals surface area contributed by atoms with Gasteiger partial charge in [0.15, 0.2) is 0 Å². The molecule has 0 aliphatic heterocycles. The molecule has 23 heteroatoms. The predicted octanol–water partition coefficient (Wildman–Crippen LogP) is 10.1. The van der Waals surface area contributed by atoms with Crippen LogP contribution in [0.15, 0.2) is 182 Å². The Hall–Kier alpha value is -6.88. The van der Waals surface area contributed by atoms with Gasteiger partial charge in [-0.15, -0.1) is 36.2 Å². The molecular formula is C43H42N8O10S5. The molecule has 6 aromatic carbocycles. The lowest BCUT2D eigenvalue weighted by Crippen LogP contribution is -2.30. The molecule has 3 N–H and O–H groups in total. The molecular weight excluding hydrogens is 949 g/mol. The minimum atomic E-state index is -4.28. The van der Waals surface area contributed by atoms with E-state index < -0.39 is 46.4 Å². The number of hydrogen-bond donors (Lipinski definition) is 4. The van der Waals surface area contributed by atoms with E-state index in [1.165, 1.54) is 37.7 Å². The molecule has 0 spiro atoms. The fraction of sp³-hybridized carbons (Fsp3) is 0.116. The number of hydrogen-bond acceptors (Lipinski definition) is 14. The van der Waals surface area contributed by atoms with Crippen LogP contribution in [0.1, 0.15) is 29.5 Å². The van der Waals surface area contributed by atoms with Crippen LogP contribution in [0.5, 0.6) is 0 Å². The Bertz CT molecular complexity index is 2850. The van der Waals surface area contributed by atoms with Gasteiger partial charge >= 0.3 is 0 Å². The van der Waals surface area contributed by atoms with Crippen molar-refractivity contribution in [2.45, 2.75) is 27.0 Å². The van der Waals surface area contributed by atoms with Crippen molar-refractivity contribution in [2.75, 3.05) is 35.2 Å². The molecule has 66 heavy (non-hydrogen) atoms. The number of anilines is 2. The summed E-state index contributed by atoms with van der Waals surface area (Å²) < 4.78 is 58.8. The smallest absolute Gasteiger partial charge is 0.293 e. The number of benzene rings is 6. The molecule has 0 unspecified atom stereocenters. The first-order chi connectivity index (χ1) is 32.1. The Morgan fingerprint density at radius 3 is 1.44 bits per heavy atom. The van der Waals surface area contributed by atoms with Crippen LogP contribution < -0.4 is 15.4 Å². The Balaban J connectivity index is 0.000000294. The van der Waals surface area contributed by atoms with Crippen molar-refractivity contribution >= 4 is 90.0 Å². The van der Waals surface area contributed by atoms with Crippen molar-refractivity contribution < 1.29 is 37.6 Å². The number of sulfonamides is 2. The van der Waals surface area contributed by atoms with E-state index in [1.54, 1.807) is 53.9 Å². The van der Waals surface area contributed by atoms with Gasteiger partial charge in [0.25, 0.3) is 37.3 Å². The lowest BCUT2D eigenvalue weighted by Gasteiger charge is -2.10. The predicted molar refractivity (Wildman–Crippen MR) is 261 cm³/mol. The van der Waals surface area contributed by atoms with E-state index in [0.717, 1.165) is 28.0 Å². The van der Waals surface area contributed by atoms with E-state index in [9.17, 15) is 46.7 Å². The number of nitrogens with one attached hydrogen (secondary N) is 3. The maximum Gasteiger partial charge on any atom is 0.293 e. The summed E-state index contributed by atoms with van der Waals surface area (Å²) in [6.45, 7) is 0.889. The quantitative estimate of drug-likeness (QED) is 0.00912. The summed E-state index contributed by atoms with van der Waals surface area (Å²) in [6.07, 6.45) is 0. The lowest BCUT2D eigenvalue weighted by atomic mass is 10.2. The Labute approximate surface area is 396 Å². The molecule has 344 valence electrons. The van der Waals surface area contributed by atoms with Crippen LogP contribution in [-0.4, -0.2) is 62.3 Å². The molecule has 0 aromatic heterocycles. The first-order valence-electron chi connectivity index (χ1n) is 19.7. The molecule has 0 saturated heterocycles. The highest BCUT2D eigenvalue weighted by atomic mass is 32.2. The third-order valence-electron chi connectivity index (χ3n) is 8.23. The standard InChI is InChI=1S/C21H19N3O5S2.C14H13N5O4S2.C7H6OS.CH4/c25-21(16-7-3-1-4-8-16)23-31(28,29)18-11-12-19(20(15-18)24(26)27)22-13-14-30-17-9-5-2-6-10-17;15-17-18-25(22,23)12-6-7-13(14(10-12)19(20)21)16-8-9-24-11-4-2-1-3-5-11;8-7(9)6-4-2-1-3-5-6;/h1-12,15,22H,13-14H2,(H,23,25);1-7,10,16H,8-9H2;1-5H,(H,8,9);1H4/i;;;1T. The average molecular weight is 993 g/mol. The zero-order chi connectivity index (χ0) is 49.2. The highest BCUT2D eigenvalue weighted by Crippen LogP contribution is 2.30. The van der Waals surface area contributed by atoms with Gasteiger partial charge in [-0.2, -0.15) is 0 Å². The van der Waals surface area contributed by atoms with Gasteiger partial charge in [0.1, 0.15) is 11.4 Å². The summed E-state index contributed by atoms with van der Waals surface area (Å²) >= 11 is 6.82. The van der Waals surface area contributed by atoms with E-state index in [2.05, 4.69) is 32.7 Å². The van der Waals surface area contributed by atoms with Gasteiger partial charge in [0.2, 0.25) is 5.12 Å². The third kappa shape index (κ3) is 17.3. The Morgan fingerprint density at radius 2 is 1.05 bits per heavy atom. The number of nitro groups is 2. The van der Waals surface area contributed by atoms with Gasteiger partial charge in [-0.25, -0.2) is 21.6 Å². The number of nitrogens with zero attached hydrogens (tertiary/aromatic N) is 5. The summed E-state index contributed by atoms with van der Waals surface area (Å²) in [7, 11) is -7.30. The van der Waals surface area contributed by atoms with Crippen molar-refractivity contribution in [1.29, 1.82) is 0 Å². The van der Waals surface area contributed by atoms with Crippen LogP contribution in [0.25, 0.3) is 10.4 Å². The molecule has 0 bridgehead atoms. The van der Waals surface area contributed by atoms with Crippen molar-refractivity contribution in [3.8, 4) is 0 Å². The fourth-order valence-electron chi connectivity index (χ4n) is 5.20. The molecule has 0 fully saturated rings. The summed E-state index contributed by atoms with van der Waals surface area (Å²) in [5, 5.41) is 28.3. The molecule has 0 radical (unpaired) electrons. The van der Waals surface area contributed by atoms with Crippen molar-refractivity contribution in [1.82, 2.24) is 4.72 Å². The van der Waals surface area contributed by atoms with Crippen LogP contribution in [-0.2, 0) is 20.0 Å². The van der Waals surface area contributed by atoms with Gasteiger partial charge in [0, 0.05) is 68.4 Å². The largest absolute Gasteiger partial charge is 0.379 e. The first kappa shape index (κ1) is 51.8. The maximum atomic E-state index is 12.5. The number of nitro benzene ring substituents is 2. The molecule has 0 heterocycles. The molecule has 0 atom stereocenters. The van der Waals surface area contributed by atoms with Crippen LogP contribution in [0, 0.1) is 20.2 Å². The Kier molecular flexibility index (Phi) is 21.0. The lowest BCUT2D eigenvalue weighted by molar-refractivity contribution is -0.384. The number of carbonyl (C=O) groups excluding carboxylic acids is 2. The van der Waals surface area contributed by atoms with E-state index >= 15 is 0 Å². The molecule has 0 aliphatic carbocycles. The first-order valence-corrected chi connectivity index (χ1v) is 24.1. The van der Waals surface area contributed by atoms with Crippen molar-refractivity contribution in [3.63, 3.8) is 0 Å². The summed E-state index contributed by atoms with van der Waals surface area (Å²) in [5.41, 5.74) is 8.67. The van der Waals surface area contributed by atoms with Crippen LogP contribution in [0.4, 0.5) is 22.7 Å². The van der Waals surface area contributed by atoms with Gasteiger partial charge < -0.3 is 10.6 Å². The number of amides is 1. The molecule has 1 amide bonds. The number of rotatable bonds is 18. The number of thioether (sulfide) groups is 2. The van der Waals surface area contributed by atoms with Crippen LogP contribution in [0.2, 0.25) is 0 Å². The van der Waals surface area contributed by atoms with E-state index in [0.29, 0.717) is 30.2 Å². The minimum Gasteiger partial charge on any atom is -0.379 e. The number of carbonyl (C=O) groups is 2. The normalized spacial score (nSPS) is 10.5. The number of thiol groups is 1. The minimum absolute atomic E-state index is 0.162. The highest BCUT2D eigenvalue weighted by Gasteiger charge is 2.24. The molecule has 6 aromatic rings. The maximum absolute atomic E-state index is 12.5. The summed E-state index contributed by atoms with van der Waals surface area (Å²) in [6, 6.07) is 43.0. The molecule has 0 aliphatic rings. The van der Waals surface area contributed by atoms with Gasteiger partial charge in [-0.05, 0) is 66.2 Å². The fourth-order valence-corrected chi connectivity index (χ4v) is 8.61. The van der Waals surface area contributed by atoms with E-state index in [1.807, 2.05) is 83.6 Å². The van der Waals surface area contributed by atoms with Crippen molar-refractivity contribution in [2.24, 2.45) is 4.52 Å². The SMILES string of the molecule is O=C(NS(=O)(=O)c1ccc(NCCSc2ccccc2)c([N+](=O)[O-])c1)c1ccccc1.O=C(S)c1ccccc1.[3H]C.[N-]=[N+]=NS(=O)(=O)c1ccc(NCCSc2ccccc2)c([N+](=O)[O-])c1. The van der Waals surface area contributed by atoms with Crippen LogP contribution >= 0.6 is 36.2 Å². The zero-order valence-corrected chi connectivity index (χ0v) is 38.9. The van der Waals surface area contributed by atoms with Gasteiger partial charge in [0.05, 0.1) is 19.6 Å². The summed E-state index contributed by atoms with van der Waals surface area (Å²) in [4.78, 5) is 47.6. The monoisotopic (exact) mass is 992 g/mol. The Morgan fingerprint density at radius 1 is 0.652 bits per heavy atom. The van der Waals surface area contributed by atoms with Gasteiger partial charge in [-0.1, -0.05) is 92.3 Å². The van der Waals surface area contributed by atoms with Crippen LogP contribution in [0.3, 0.4) is 0 Å². The summed E-state index contributed by atoms with van der Waals surface area (Å²) in [5.74, 6) is 0.511. The van der Waals surface area contributed by atoms with E-state index in [-0.39, 0.29) is 32.6 Å². The average Bonchev–Trinajstić information content (AvgIpc) is 3.33. The second-order valence-corrected chi connectivity index (χ2v) is 18.7. The second-order valence-electron chi connectivity index (χ2n) is 12.7. The number of azide groups is 1. The van der Waals surface area contributed by atoms with Gasteiger partial charge in [-0.3, -0.25) is 29.8 Å². The zero-order valence-electron chi connectivity index (χ0n) is 35.7.